The quantitative estimate of drug-likeness (QED) is 0.516. The van der Waals surface area contributed by atoms with Crippen LogP contribution in [0.3, 0.4) is 0 Å². The van der Waals surface area contributed by atoms with E-state index in [1.807, 2.05) is 4.68 Å². The second-order valence-corrected chi connectivity index (χ2v) is 13.3. The van der Waals surface area contributed by atoms with Gasteiger partial charge in [0.05, 0.1) is 46.7 Å². The predicted octanol–water partition coefficient (Wildman–Crippen LogP) is 2.32. The van der Waals surface area contributed by atoms with Gasteiger partial charge in [0, 0.05) is 64.0 Å². The molecule has 3 saturated heterocycles. The van der Waals surface area contributed by atoms with Crippen LogP contribution in [0.2, 0.25) is 5.02 Å². The third-order valence-corrected chi connectivity index (χ3v) is 10.7. The Kier molecular flexibility index (Phi) is 7.73. The van der Waals surface area contributed by atoms with Gasteiger partial charge in [0.15, 0.2) is 15.5 Å². The van der Waals surface area contributed by atoms with E-state index in [0.29, 0.717) is 49.2 Å². The van der Waals surface area contributed by atoms with E-state index in [1.54, 1.807) is 30.2 Å². The molecule has 12 heteroatoms. The molecule has 0 radical (unpaired) electrons. The number of rotatable bonds is 6. The Balaban J connectivity index is 1.33. The molecule has 3 fully saturated rings. The van der Waals surface area contributed by atoms with Crippen molar-refractivity contribution in [1.29, 1.82) is 0 Å². The smallest absolute Gasteiger partial charge is 0.274 e. The van der Waals surface area contributed by atoms with Crippen molar-refractivity contribution in [2.24, 2.45) is 0 Å². The highest BCUT2D eigenvalue weighted by atomic mass is 35.5. The molecule has 0 spiro atoms. The fourth-order valence-corrected chi connectivity index (χ4v) is 8.62. The Hall–Kier alpha value is -2.02. The first-order chi connectivity index (χ1) is 18.9. The van der Waals surface area contributed by atoms with Crippen molar-refractivity contribution in [3.63, 3.8) is 0 Å². The first-order valence-electron chi connectivity index (χ1n) is 13.8. The summed E-state index contributed by atoms with van der Waals surface area (Å²) in [4.78, 5) is 20.4. The van der Waals surface area contributed by atoms with E-state index in [4.69, 9.17) is 26.2 Å². The molecule has 1 aromatic heterocycles. The minimum Gasteiger partial charge on any atom is -0.380 e. The molecule has 0 saturated carbocycles. The molecule has 1 aromatic carbocycles. The number of ether oxygens (including phenoxy) is 2. The highest BCUT2D eigenvalue weighted by Gasteiger charge is 2.40. The SMILES string of the molecule is COC1CCN(CCN2CCCC(n3nc(C(=O)N4CCOCC4)c4c3-c3cccc(Cl)c3S(=O)(=O)C4)C2)C1. The van der Waals surface area contributed by atoms with Crippen LogP contribution in [0.25, 0.3) is 11.3 Å². The average Bonchev–Trinajstić information content (AvgIpc) is 3.56. The normalized spacial score (nSPS) is 25.4. The van der Waals surface area contributed by atoms with Crippen LogP contribution < -0.4 is 0 Å². The molecule has 0 aliphatic carbocycles. The van der Waals surface area contributed by atoms with Crippen LogP contribution in [0.4, 0.5) is 0 Å². The summed E-state index contributed by atoms with van der Waals surface area (Å²) in [6, 6.07) is 5.19. The van der Waals surface area contributed by atoms with Gasteiger partial charge in [-0.25, -0.2) is 8.42 Å². The summed E-state index contributed by atoms with van der Waals surface area (Å²) in [6.45, 7) is 7.63. The van der Waals surface area contributed by atoms with Gasteiger partial charge in [0.2, 0.25) is 0 Å². The number of nitrogens with zero attached hydrogens (tertiary/aromatic N) is 5. The summed E-state index contributed by atoms with van der Waals surface area (Å²) < 4.78 is 39.7. The largest absolute Gasteiger partial charge is 0.380 e. The van der Waals surface area contributed by atoms with Gasteiger partial charge in [0.25, 0.3) is 5.91 Å². The summed E-state index contributed by atoms with van der Waals surface area (Å²) in [6.07, 6.45) is 3.31. The fourth-order valence-electron chi connectivity index (χ4n) is 6.43. The number of carbonyl (C=O) groups excluding carboxylic acids is 1. The van der Waals surface area contributed by atoms with E-state index in [1.165, 1.54) is 0 Å². The molecule has 0 N–H and O–H groups in total. The molecule has 39 heavy (non-hydrogen) atoms. The summed E-state index contributed by atoms with van der Waals surface area (Å²) in [5, 5.41) is 5.11. The molecule has 6 rings (SSSR count). The van der Waals surface area contributed by atoms with Crippen molar-refractivity contribution in [2.75, 3.05) is 72.7 Å². The Morgan fingerprint density at radius 3 is 2.62 bits per heavy atom. The Morgan fingerprint density at radius 1 is 1.10 bits per heavy atom. The van der Waals surface area contributed by atoms with E-state index < -0.39 is 9.84 Å². The number of likely N-dealkylation sites (tertiary alicyclic amines) is 2. The highest BCUT2D eigenvalue weighted by molar-refractivity contribution is 7.91. The first kappa shape index (κ1) is 27.2. The number of carbonyl (C=O) groups is 1. The lowest BCUT2D eigenvalue weighted by Crippen LogP contribution is -2.42. The third-order valence-electron chi connectivity index (χ3n) is 8.50. The van der Waals surface area contributed by atoms with Crippen LogP contribution in [0.5, 0.6) is 0 Å². The lowest BCUT2D eigenvalue weighted by molar-refractivity contribution is 0.0297. The van der Waals surface area contributed by atoms with E-state index >= 15 is 0 Å². The molecule has 212 valence electrons. The molecule has 2 atom stereocenters. The first-order valence-corrected chi connectivity index (χ1v) is 15.9. The molecule has 10 nitrogen and oxygen atoms in total. The van der Waals surface area contributed by atoms with Crippen LogP contribution in [-0.2, 0) is 25.1 Å². The van der Waals surface area contributed by atoms with Crippen molar-refractivity contribution in [2.45, 2.75) is 42.1 Å². The number of hydrogen-bond acceptors (Lipinski definition) is 8. The van der Waals surface area contributed by atoms with Crippen molar-refractivity contribution < 1.29 is 22.7 Å². The van der Waals surface area contributed by atoms with Gasteiger partial charge in [-0.2, -0.15) is 5.10 Å². The van der Waals surface area contributed by atoms with Gasteiger partial charge in [0.1, 0.15) is 0 Å². The number of amides is 1. The predicted molar refractivity (Wildman–Crippen MR) is 147 cm³/mol. The molecule has 2 unspecified atom stereocenters. The highest BCUT2D eigenvalue weighted by Crippen LogP contribution is 2.44. The number of halogens is 1. The molecular formula is C27H36ClN5O5S. The van der Waals surface area contributed by atoms with Gasteiger partial charge in [-0.1, -0.05) is 23.7 Å². The third kappa shape index (κ3) is 5.25. The van der Waals surface area contributed by atoms with E-state index in [0.717, 1.165) is 58.5 Å². The van der Waals surface area contributed by atoms with Gasteiger partial charge in [-0.3, -0.25) is 19.3 Å². The minimum atomic E-state index is -3.73. The average molecular weight is 578 g/mol. The monoisotopic (exact) mass is 577 g/mol. The molecule has 4 aliphatic rings. The molecule has 0 bridgehead atoms. The zero-order valence-corrected chi connectivity index (χ0v) is 23.9. The van der Waals surface area contributed by atoms with Crippen LogP contribution in [-0.4, -0.2) is 118 Å². The van der Waals surface area contributed by atoms with Gasteiger partial charge in [-0.05, 0) is 31.9 Å². The lowest BCUT2D eigenvalue weighted by Gasteiger charge is -2.35. The number of aromatic nitrogens is 2. The van der Waals surface area contributed by atoms with E-state index in [-0.39, 0.29) is 33.3 Å². The molecule has 2 aromatic rings. The second kappa shape index (κ2) is 11.1. The zero-order valence-electron chi connectivity index (χ0n) is 22.3. The summed E-state index contributed by atoms with van der Waals surface area (Å²) in [5.41, 5.74) is 1.98. The van der Waals surface area contributed by atoms with Gasteiger partial charge < -0.3 is 14.4 Å². The number of morpholine rings is 1. The number of sulfone groups is 1. The minimum absolute atomic E-state index is 0.0247. The van der Waals surface area contributed by atoms with E-state index in [9.17, 15) is 13.2 Å². The zero-order chi connectivity index (χ0) is 27.1. The Bertz CT molecular complexity index is 1340. The molecular weight excluding hydrogens is 542 g/mol. The lowest BCUT2D eigenvalue weighted by atomic mass is 10.0. The Morgan fingerprint density at radius 2 is 1.87 bits per heavy atom. The number of hydrogen-bond donors (Lipinski definition) is 0. The fraction of sp³-hybridized carbons (Fsp3) is 0.630. The van der Waals surface area contributed by atoms with Crippen LogP contribution >= 0.6 is 11.6 Å². The maximum Gasteiger partial charge on any atom is 0.274 e. The van der Waals surface area contributed by atoms with Crippen molar-refractivity contribution in [3.8, 4) is 11.3 Å². The number of piperidine rings is 1. The molecule has 5 heterocycles. The van der Waals surface area contributed by atoms with Crippen molar-refractivity contribution in [3.05, 3.63) is 34.5 Å². The molecule has 4 aliphatic heterocycles. The van der Waals surface area contributed by atoms with Crippen LogP contribution in [0.1, 0.15) is 41.4 Å². The topological polar surface area (TPSA) is 97.2 Å². The van der Waals surface area contributed by atoms with Crippen molar-refractivity contribution in [1.82, 2.24) is 24.5 Å². The van der Waals surface area contributed by atoms with Crippen molar-refractivity contribution >= 4 is 27.3 Å². The van der Waals surface area contributed by atoms with Gasteiger partial charge >= 0.3 is 0 Å². The standard InChI is InChI=1S/C27H36ClN5O5S/c1-37-20-7-9-31(17-20)11-10-30-8-3-4-19(16-30)33-25-21-5-2-6-23(28)26(21)39(35,36)18-22(25)24(29-33)27(34)32-12-14-38-15-13-32/h2,5-6,19-20H,3-4,7-18H2,1H3. The number of benzene rings is 1. The van der Waals surface area contributed by atoms with Crippen LogP contribution in [0, 0.1) is 0 Å². The Labute approximate surface area is 234 Å². The number of methoxy groups -OCH3 is 1. The van der Waals surface area contributed by atoms with Gasteiger partial charge in [-0.15, -0.1) is 0 Å². The summed E-state index contributed by atoms with van der Waals surface area (Å²) in [5.74, 6) is -0.514. The molecule has 1 amide bonds. The summed E-state index contributed by atoms with van der Waals surface area (Å²) in [7, 11) is -1.95. The maximum absolute atomic E-state index is 13.7. The number of fused-ring (bicyclic) bond motifs is 3. The maximum atomic E-state index is 13.7. The van der Waals surface area contributed by atoms with Crippen LogP contribution in [0.15, 0.2) is 23.1 Å². The summed E-state index contributed by atoms with van der Waals surface area (Å²) >= 11 is 6.45. The second-order valence-electron chi connectivity index (χ2n) is 10.9. The van der Waals surface area contributed by atoms with E-state index in [2.05, 4.69) is 9.80 Å².